The lowest BCUT2D eigenvalue weighted by atomic mass is 10.1. The summed E-state index contributed by atoms with van der Waals surface area (Å²) in [7, 11) is 0. The van der Waals surface area contributed by atoms with Crippen LogP contribution in [0.3, 0.4) is 0 Å². The molecule has 0 aromatic heterocycles. The number of nitrogens with two attached hydrogens (primary N) is 1. The first-order valence-electron chi connectivity index (χ1n) is 8.06. The minimum atomic E-state index is 0.292. The van der Waals surface area contributed by atoms with Crippen molar-refractivity contribution in [1.82, 2.24) is 0 Å². The van der Waals surface area contributed by atoms with Gasteiger partial charge in [-0.25, -0.2) is 0 Å². The van der Waals surface area contributed by atoms with Crippen LogP contribution in [0.2, 0.25) is 0 Å². The van der Waals surface area contributed by atoms with Gasteiger partial charge in [0.15, 0.2) is 0 Å². The molecule has 2 rings (SSSR count). The first-order chi connectivity index (χ1) is 9.76. The van der Waals surface area contributed by atoms with Crippen LogP contribution in [0.4, 0.5) is 11.4 Å². The molecule has 1 heterocycles. The minimum absolute atomic E-state index is 0.292. The molecule has 1 aromatic carbocycles. The molecule has 0 saturated carbocycles. The van der Waals surface area contributed by atoms with E-state index in [9.17, 15) is 0 Å². The van der Waals surface area contributed by atoms with E-state index in [2.05, 4.69) is 18.7 Å². The van der Waals surface area contributed by atoms with Gasteiger partial charge in [-0.1, -0.05) is 45.6 Å². The van der Waals surface area contributed by atoms with Crippen LogP contribution >= 0.6 is 0 Å². The highest BCUT2D eigenvalue weighted by atomic mass is 16.5. The summed E-state index contributed by atoms with van der Waals surface area (Å²) >= 11 is 0. The molecule has 112 valence electrons. The number of nitrogen functional groups attached to an aromatic ring is 1. The van der Waals surface area contributed by atoms with Crippen LogP contribution in [0, 0.1) is 0 Å². The summed E-state index contributed by atoms with van der Waals surface area (Å²) in [6, 6.07) is 5.99. The molecule has 20 heavy (non-hydrogen) atoms. The highest BCUT2D eigenvalue weighted by molar-refractivity contribution is 5.75. The molecular formula is C17H28N2O. The van der Waals surface area contributed by atoms with E-state index in [1.165, 1.54) is 32.1 Å². The number of unbranched alkanes of at least 4 members (excludes halogenated alkanes) is 4. The quantitative estimate of drug-likeness (QED) is 0.598. The number of nitrogens with zero attached hydrogens (tertiary/aromatic N) is 1. The Morgan fingerprint density at radius 2 is 2.00 bits per heavy atom. The molecule has 0 aliphatic carbocycles. The van der Waals surface area contributed by atoms with Crippen molar-refractivity contribution >= 4 is 11.4 Å². The molecule has 0 bridgehead atoms. The highest BCUT2D eigenvalue weighted by Crippen LogP contribution is 2.38. The van der Waals surface area contributed by atoms with Crippen LogP contribution in [0.15, 0.2) is 18.2 Å². The summed E-state index contributed by atoms with van der Waals surface area (Å²) in [5.74, 6) is 0.955. The topological polar surface area (TPSA) is 38.5 Å². The van der Waals surface area contributed by atoms with E-state index < -0.39 is 0 Å². The van der Waals surface area contributed by atoms with Crippen molar-refractivity contribution in [2.24, 2.45) is 0 Å². The van der Waals surface area contributed by atoms with Gasteiger partial charge in [0, 0.05) is 6.54 Å². The van der Waals surface area contributed by atoms with Crippen molar-refractivity contribution in [2.45, 2.75) is 58.5 Å². The largest absolute Gasteiger partial charge is 0.486 e. The second kappa shape index (κ2) is 7.41. The van der Waals surface area contributed by atoms with Gasteiger partial charge in [-0.15, -0.1) is 0 Å². The van der Waals surface area contributed by atoms with E-state index in [0.717, 1.165) is 36.6 Å². The Kier molecular flexibility index (Phi) is 5.57. The molecule has 0 spiro atoms. The summed E-state index contributed by atoms with van der Waals surface area (Å²) < 4.78 is 6.02. The maximum absolute atomic E-state index is 6.15. The Labute approximate surface area is 123 Å². The lowest BCUT2D eigenvalue weighted by molar-refractivity contribution is 0.189. The molecule has 1 unspecified atom stereocenters. The van der Waals surface area contributed by atoms with E-state index >= 15 is 0 Å². The van der Waals surface area contributed by atoms with Gasteiger partial charge in [0.25, 0.3) is 0 Å². The number of hydrogen-bond donors (Lipinski definition) is 1. The standard InChI is InChI=1S/C17H28N2O/c1-3-5-6-7-8-12-19-13-14(4-2)20-16-11-9-10-15(18)17(16)19/h9-11,14H,3-8,12-13,18H2,1-2H3. The third-order valence-corrected chi connectivity index (χ3v) is 4.05. The Bertz CT molecular complexity index is 419. The van der Waals surface area contributed by atoms with Crippen LogP contribution in [0.5, 0.6) is 5.75 Å². The van der Waals surface area contributed by atoms with Gasteiger partial charge in [-0.2, -0.15) is 0 Å². The number of rotatable bonds is 7. The minimum Gasteiger partial charge on any atom is -0.486 e. The number of hydrogen-bond acceptors (Lipinski definition) is 3. The summed E-state index contributed by atoms with van der Waals surface area (Å²) in [6.45, 7) is 6.49. The van der Waals surface area contributed by atoms with Crippen LogP contribution < -0.4 is 15.4 Å². The fourth-order valence-corrected chi connectivity index (χ4v) is 2.85. The predicted octanol–water partition coefficient (Wildman–Crippen LogP) is 4.22. The summed E-state index contributed by atoms with van der Waals surface area (Å²) in [5.41, 5.74) is 8.09. The molecule has 0 fully saturated rings. The van der Waals surface area contributed by atoms with Gasteiger partial charge in [-0.3, -0.25) is 0 Å². The van der Waals surface area contributed by atoms with Crippen LogP contribution in [-0.4, -0.2) is 19.2 Å². The van der Waals surface area contributed by atoms with Crippen molar-refractivity contribution in [3.8, 4) is 5.75 Å². The third-order valence-electron chi connectivity index (χ3n) is 4.05. The number of ether oxygens (including phenoxy) is 1. The molecule has 3 heteroatoms. The molecule has 0 radical (unpaired) electrons. The average Bonchev–Trinajstić information content (AvgIpc) is 2.46. The molecule has 1 aliphatic rings. The molecule has 1 aliphatic heterocycles. The molecule has 0 amide bonds. The molecule has 0 saturated heterocycles. The van der Waals surface area contributed by atoms with Crippen LogP contribution in [0.1, 0.15) is 52.4 Å². The van der Waals surface area contributed by atoms with E-state index in [0.29, 0.717) is 6.10 Å². The van der Waals surface area contributed by atoms with Gasteiger partial charge in [0.2, 0.25) is 0 Å². The summed E-state index contributed by atoms with van der Waals surface area (Å²) in [4.78, 5) is 2.42. The predicted molar refractivity (Wildman–Crippen MR) is 86.5 cm³/mol. The van der Waals surface area contributed by atoms with Gasteiger partial charge >= 0.3 is 0 Å². The zero-order chi connectivity index (χ0) is 14.4. The normalized spacial score (nSPS) is 17.7. The Morgan fingerprint density at radius 3 is 2.75 bits per heavy atom. The van der Waals surface area contributed by atoms with E-state index in [-0.39, 0.29) is 0 Å². The highest BCUT2D eigenvalue weighted by Gasteiger charge is 2.25. The van der Waals surface area contributed by atoms with Crippen molar-refractivity contribution in [2.75, 3.05) is 23.7 Å². The first-order valence-corrected chi connectivity index (χ1v) is 8.06. The SMILES string of the molecule is CCCCCCCN1CC(CC)Oc2cccc(N)c21. The van der Waals surface area contributed by atoms with Gasteiger partial charge in [0.1, 0.15) is 17.5 Å². The smallest absolute Gasteiger partial charge is 0.145 e. The molecule has 1 atom stereocenters. The average molecular weight is 276 g/mol. The van der Waals surface area contributed by atoms with Crippen molar-refractivity contribution in [1.29, 1.82) is 0 Å². The van der Waals surface area contributed by atoms with Crippen molar-refractivity contribution in [3.05, 3.63) is 18.2 Å². The second-order valence-corrected chi connectivity index (χ2v) is 5.70. The Hall–Kier alpha value is -1.38. The maximum atomic E-state index is 6.15. The summed E-state index contributed by atoms with van der Waals surface area (Å²) in [5, 5.41) is 0. The fourth-order valence-electron chi connectivity index (χ4n) is 2.85. The fraction of sp³-hybridized carbons (Fsp3) is 0.647. The Morgan fingerprint density at radius 1 is 1.20 bits per heavy atom. The zero-order valence-electron chi connectivity index (χ0n) is 12.9. The lowest BCUT2D eigenvalue weighted by Gasteiger charge is -2.37. The second-order valence-electron chi connectivity index (χ2n) is 5.70. The van der Waals surface area contributed by atoms with Gasteiger partial charge < -0.3 is 15.4 Å². The van der Waals surface area contributed by atoms with Gasteiger partial charge in [0.05, 0.1) is 12.2 Å². The van der Waals surface area contributed by atoms with Crippen molar-refractivity contribution in [3.63, 3.8) is 0 Å². The summed E-state index contributed by atoms with van der Waals surface area (Å²) in [6.07, 6.45) is 7.87. The monoisotopic (exact) mass is 276 g/mol. The molecular weight excluding hydrogens is 248 g/mol. The number of anilines is 2. The first kappa shape index (κ1) is 15.0. The van der Waals surface area contributed by atoms with E-state index in [1.807, 2.05) is 18.2 Å². The molecule has 3 nitrogen and oxygen atoms in total. The third kappa shape index (κ3) is 3.59. The number of para-hydroxylation sites is 1. The van der Waals surface area contributed by atoms with Crippen LogP contribution in [-0.2, 0) is 0 Å². The lowest BCUT2D eigenvalue weighted by Crippen LogP contribution is -2.40. The van der Waals surface area contributed by atoms with Gasteiger partial charge in [-0.05, 0) is 25.0 Å². The Balaban J connectivity index is 2.00. The van der Waals surface area contributed by atoms with E-state index in [1.54, 1.807) is 0 Å². The number of benzene rings is 1. The van der Waals surface area contributed by atoms with E-state index in [4.69, 9.17) is 10.5 Å². The molecule has 1 aromatic rings. The zero-order valence-corrected chi connectivity index (χ0v) is 12.9. The van der Waals surface area contributed by atoms with Crippen LogP contribution in [0.25, 0.3) is 0 Å². The number of fused-ring (bicyclic) bond motifs is 1. The van der Waals surface area contributed by atoms with Crippen molar-refractivity contribution < 1.29 is 4.74 Å². The molecule has 2 N–H and O–H groups in total. The maximum Gasteiger partial charge on any atom is 0.145 e.